The van der Waals surface area contributed by atoms with Gasteiger partial charge < -0.3 is 5.32 Å². The molecule has 1 N–H and O–H groups in total. The van der Waals surface area contributed by atoms with Gasteiger partial charge in [-0.05, 0) is 6.07 Å². The molecule has 0 radical (unpaired) electrons. The first kappa shape index (κ1) is 6.97. The van der Waals surface area contributed by atoms with Crippen LogP contribution in [0.25, 0.3) is 10.2 Å². The Labute approximate surface area is 78.3 Å². The van der Waals surface area contributed by atoms with Crippen LogP contribution in [-0.2, 0) is 6.54 Å². The molecule has 2 aromatic rings. The van der Waals surface area contributed by atoms with E-state index in [0.717, 1.165) is 22.4 Å². The highest BCUT2D eigenvalue weighted by Crippen LogP contribution is 2.35. The van der Waals surface area contributed by atoms with Gasteiger partial charge in [-0.1, -0.05) is 0 Å². The van der Waals surface area contributed by atoms with Crippen molar-refractivity contribution in [3.63, 3.8) is 0 Å². The minimum absolute atomic E-state index is 0.753. The molecule has 1 aliphatic heterocycles. The monoisotopic (exact) mass is 190 g/mol. The molecule has 13 heavy (non-hydrogen) atoms. The lowest BCUT2D eigenvalue weighted by atomic mass is 10.2. The smallest absolute Gasteiger partial charge is 0.148 e. The van der Waals surface area contributed by atoms with E-state index in [1.807, 2.05) is 6.07 Å². The van der Waals surface area contributed by atoms with E-state index in [9.17, 15) is 0 Å². The molecule has 3 rings (SSSR count). The van der Waals surface area contributed by atoms with E-state index in [0.29, 0.717) is 0 Å². The Hall–Kier alpha value is -1.49. The van der Waals surface area contributed by atoms with Crippen LogP contribution in [0.1, 0.15) is 4.88 Å². The number of thiophene rings is 1. The average molecular weight is 190 g/mol. The summed E-state index contributed by atoms with van der Waals surface area (Å²) in [5.41, 5.74) is 1.14. The number of anilines is 1. The molecule has 0 saturated carbocycles. The zero-order chi connectivity index (χ0) is 8.67. The molecule has 0 bridgehead atoms. The summed E-state index contributed by atoms with van der Waals surface area (Å²) in [6.45, 7) is 0.753. The maximum absolute atomic E-state index is 4.14. The third kappa shape index (κ3) is 0.936. The zero-order valence-corrected chi connectivity index (χ0v) is 7.51. The molecule has 0 amide bonds. The summed E-state index contributed by atoms with van der Waals surface area (Å²) >= 11 is 1.65. The van der Waals surface area contributed by atoms with E-state index < -0.39 is 0 Å². The summed E-state index contributed by atoms with van der Waals surface area (Å²) < 4.78 is 0. The number of fused-ring (bicyclic) bond motifs is 3. The van der Waals surface area contributed by atoms with Crippen LogP contribution in [0.3, 0.4) is 0 Å². The highest BCUT2D eigenvalue weighted by atomic mass is 32.1. The molecule has 4 nitrogen and oxygen atoms in total. The Morgan fingerprint density at radius 3 is 3.46 bits per heavy atom. The Bertz CT molecular complexity index is 488. The third-order valence-electron chi connectivity index (χ3n) is 1.99. The van der Waals surface area contributed by atoms with Crippen molar-refractivity contribution in [1.82, 2.24) is 10.2 Å². The second-order valence-corrected chi connectivity index (χ2v) is 3.85. The summed E-state index contributed by atoms with van der Waals surface area (Å²) in [7, 11) is 0. The van der Waals surface area contributed by atoms with Crippen LogP contribution in [0, 0.1) is 0 Å². The number of aliphatic imine (C=N–C) groups is 1. The van der Waals surface area contributed by atoms with Crippen LogP contribution >= 0.6 is 11.3 Å². The molecule has 0 saturated heterocycles. The molecular formula is C8H6N4S. The van der Waals surface area contributed by atoms with Crippen molar-refractivity contribution in [2.24, 2.45) is 4.99 Å². The normalized spacial score (nSPS) is 14.2. The maximum Gasteiger partial charge on any atom is 0.148 e. The fourth-order valence-electron chi connectivity index (χ4n) is 1.41. The quantitative estimate of drug-likeness (QED) is 0.687. The lowest BCUT2D eigenvalue weighted by molar-refractivity contribution is 1.09. The van der Waals surface area contributed by atoms with Gasteiger partial charge in [0.25, 0.3) is 0 Å². The summed E-state index contributed by atoms with van der Waals surface area (Å²) in [4.78, 5) is 6.35. The largest absolute Gasteiger partial charge is 0.345 e. The molecule has 2 aromatic heterocycles. The standard InChI is InChI=1S/C8H6N4S/c1-2-11-12-8-5(1)7-6(13-8)3-9-4-10-7/h1-2,4H,3H2,(H,9,10). The maximum atomic E-state index is 4.14. The topological polar surface area (TPSA) is 50.2 Å². The first-order valence-corrected chi connectivity index (χ1v) is 4.75. The molecular weight excluding hydrogens is 184 g/mol. The number of aromatic nitrogens is 2. The molecule has 0 fully saturated rings. The van der Waals surface area contributed by atoms with E-state index >= 15 is 0 Å². The number of nitrogens with one attached hydrogen (secondary N) is 1. The van der Waals surface area contributed by atoms with Gasteiger partial charge >= 0.3 is 0 Å². The average Bonchev–Trinajstić information content (AvgIpc) is 2.56. The van der Waals surface area contributed by atoms with Crippen molar-refractivity contribution in [3.05, 3.63) is 17.1 Å². The Morgan fingerprint density at radius 2 is 2.46 bits per heavy atom. The highest BCUT2D eigenvalue weighted by molar-refractivity contribution is 7.19. The van der Waals surface area contributed by atoms with E-state index in [-0.39, 0.29) is 0 Å². The van der Waals surface area contributed by atoms with Gasteiger partial charge in [-0.15, -0.1) is 16.4 Å². The third-order valence-corrected chi connectivity index (χ3v) is 3.06. The summed E-state index contributed by atoms with van der Waals surface area (Å²) in [6.07, 6.45) is 3.44. The highest BCUT2D eigenvalue weighted by Gasteiger charge is 2.13. The lowest BCUT2D eigenvalue weighted by Gasteiger charge is -2.05. The van der Waals surface area contributed by atoms with Crippen LogP contribution in [0.5, 0.6) is 0 Å². The first-order chi connectivity index (χ1) is 6.45. The Morgan fingerprint density at radius 1 is 1.46 bits per heavy atom. The molecule has 0 aliphatic carbocycles. The van der Waals surface area contributed by atoms with Crippen molar-refractivity contribution in [1.29, 1.82) is 0 Å². The number of rotatable bonds is 0. The summed E-state index contributed by atoms with van der Waals surface area (Å²) in [5.74, 6) is 0. The van der Waals surface area contributed by atoms with Crippen LogP contribution in [0.15, 0.2) is 17.3 Å². The van der Waals surface area contributed by atoms with Crippen LogP contribution in [0.4, 0.5) is 5.69 Å². The van der Waals surface area contributed by atoms with E-state index in [1.165, 1.54) is 4.88 Å². The molecule has 0 atom stereocenters. The first-order valence-electron chi connectivity index (χ1n) is 3.93. The summed E-state index contributed by atoms with van der Waals surface area (Å²) in [5, 5.41) is 12.2. The molecule has 64 valence electrons. The SMILES string of the molecule is C1=NCc2sc3nnccc3c2N1. The second kappa shape index (κ2) is 2.50. The Balaban J connectivity index is 2.37. The van der Waals surface area contributed by atoms with Crippen LogP contribution < -0.4 is 5.32 Å². The number of nitrogens with zero attached hydrogens (tertiary/aromatic N) is 3. The zero-order valence-electron chi connectivity index (χ0n) is 6.69. The molecule has 3 heterocycles. The van der Waals surface area contributed by atoms with Gasteiger partial charge in [0.1, 0.15) is 4.83 Å². The van der Waals surface area contributed by atoms with E-state index in [2.05, 4.69) is 20.5 Å². The molecule has 0 aromatic carbocycles. The molecule has 0 unspecified atom stereocenters. The fourth-order valence-corrected chi connectivity index (χ4v) is 2.42. The minimum atomic E-state index is 0.753. The number of hydrogen-bond acceptors (Lipinski definition) is 5. The van der Waals surface area contributed by atoms with Gasteiger partial charge in [0.05, 0.1) is 29.6 Å². The van der Waals surface area contributed by atoms with Crippen LogP contribution in [0.2, 0.25) is 0 Å². The van der Waals surface area contributed by atoms with Gasteiger partial charge in [-0.3, -0.25) is 4.99 Å². The molecule has 1 aliphatic rings. The number of hydrogen-bond donors (Lipinski definition) is 1. The van der Waals surface area contributed by atoms with E-state index in [4.69, 9.17) is 0 Å². The Kier molecular flexibility index (Phi) is 1.34. The van der Waals surface area contributed by atoms with E-state index in [1.54, 1.807) is 23.9 Å². The minimum Gasteiger partial charge on any atom is -0.345 e. The van der Waals surface area contributed by atoms with Crippen molar-refractivity contribution in [2.45, 2.75) is 6.54 Å². The fraction of sp³-hybridized carbons (Fsp3) is 0.125. The van der Waals surface area contributed by atoms with Crippen LogP contribution in [-0.4, -0.2) is 16.5 Å². The van der Waals surface area contributed by atoms with Gasteiger partial charge in [0.2, 0.25) is 0 Å². The van der Waals surface area contributed by atoms with Crippen molar-refractivity contribution < 1.29 is 0 Å². The van der Waals surface area contributed by atoms with Crippen molar-refractivity contribution >= 4 is 33.6 Å². The molecule has 5 heteroatoms. The van der Waals surface area contributed by atoms with Crippen molar-refractivity contribution in [3.8, 4) is 0 Å². The van der Waals surface area contributed by atoms with Gasteiger partial charge in [0, 0.05) is 5.39 Å². The predicted molar refractivity (Wildman–Crippen MR) is 53.2 cm³/mol. The predicted octanol–water partition coefficient (Wildman–Crippen LogP) is 1.65. The van der Waals surface area contributed by atoms with Gasteiger partial charge in [-0.25, -0.2) is 0 Å². The van der Waals surface area contributed by atoms with Gasteiger partial charge in [-0.2, -0.15) is 5.10 Å². The summed E-state index contributed by atoms with van der Waals surface area (Å²) in [6, 6.07) is 1.98. The van der Waals surface area contributed by atoms with Crippen molar-refractivity contribution in [2.75, 3.05) is 5.32 Å². The van der Waals surface area contributed by atoms with Gasteiger partial charge in [0.15, 0.2) is 0 Å². The molecule has 0 spiro atoms. The second-order valence-electron chi connectivity index (χ2n) is 2.76. The lowest BCUT2D eigenvalue weighted by Crippen LogP contribution is -2.01.